The fourth-order valence-electron chi connectivity index (χ4n) is 5.16. The van der Waals surface area contributed by atoms with Gasteiger partial charge in [-0.3, -0.25) is 0 Å². The van der Waals surface area contributed by atoms with E-state index in [9.17, 15) is 15.0 Å². The molecule has 5 heteroatoms. The number of methoxy groups -OCH3 is 1. The minimum absolute atomic E-state index is 0.0225. The number of fused-ring (bicyclic) bond motifs is 1. The standard InChI is InChI=1S/C23H40O5/c1-4-5-6-16(2)11-19(24)7-8-20-21-13-17(12-18(21)14-22(20)25)9-10-28-15-23(26)27-3/h7-8,16-22,24-25H,4-6,9-15H2,1-3H3/b8-7+/t16-,17?,18?,19+,20?,21?,22?/m0/s1. The van der Waals surface area contributed by atoms with E-state index in [1.165, 1.54) is 20.0 Å². The van der Waals surface area contributed by atoms with Crippen LogP contribution in [0.5, 0.6) is 0 Å². The molecule has 0 bridgehead atoms. The Morgan fingerprint density at radius 1 is 1.29 bits per heavy atom. The van der Waals surface area contributed by atoms with Crippen molar-refractivity contribution in [2.24, 2.45) is 29.6 Å². The summed E-state index contributed by atoms with van der Waals surface area (Å²) in [6, 6.07) is 0. The second kappa shape index (κ2) is 11.9. The van der Waals surface area contributed by atoms with Crippen molar-refractivity contribution < 1.29 is 24.5 Å². The third-order valence-electron chi connectivity index (χ3n) is 6.70. The molecule has 0 aromatic carbocycles. The molecule has 5 nitrogen and oxygen atoms in total. The first kappa shape index (κ1) is 23.4. The van der Waals surface area contributed by atoms with Gasteiger partial charge in [-0.25, -0.2) is 4.79 Å². The molecule has 2 rings (SSSR count). The van der Waals surface area contributed by atoms with E-state index < -0.39 is 6.10 Å². The Bertz CT molecular complexity index is 491. The second-order valence-electron chi connectivity index (χ2n) is 8.99. The van der Waals surface area contributed by atoms with Crippen LogP contribution in [0.4, 0.5) is 0 Å². The molecule has 0 heterocycles. The molecule has 0 aliphatic heterocycles. The Labute approximate surface area is 170 Å². The van der Waals surface area contributed by atoms with E-state index in [-0.39, 0.29) is 24.6 Å². The summed E-state index contributed by atoms with van der Waals surface area (Å²) in [6.07, 6.45) is 11.7. The van der Waals surface area contributed by atoms with Gasteiger partial charge < -0.3 is 19.7 Å². The summed E-state index contributed by atoms with van der Waals surface area (Å²) in [7, 11) is 1.37. The van der Waals surface area contributed by atoms with Gasteiger partial charge in [0.2, 0.25) is 0 Å². The van der Waals surface area contributed by atoms with Crippen LogP contribution in [0.25, 0.3) is 0 Å². The first-order valence-corrected chi connectivity index (χ1v) is 11.1. The summed E-state index contributed by atoms with van der Waals surface area (Å²) >= 11 is 0. The number of aliphatic hydroxyl groups excluding tert-OH is 2. The Kier molecular flexibility index (Phi) is 9.96. The molecule has 28 heavy (non-hydrogen) atoms. The minimum Gasteiger partial charge on any atom is -0.467 e. The Hall–Kier alpha value is -0.910. The molecule has 0 aromatic heterocycles. The van der Waals surface area contributed by atoms with Crippen LogP contribution >= 0.6 is 0 Å². The van der Waals surface area contributed by atoms with Crippen molar-refractivity contribution in [3.8, 4) is 0 Å². The zero-order chi connectivity index (χ0) is 20.5. The number of carbonyl (C=O) groups is 1. The maximum absolute atomic E-state index is 11.1. The number of carbonyl (C=O) groups excluding carboxylic acids is 1. The average molecular weight is 397 g/mol. The van der Waals surface area contributed by atoms with Crippen LogP contribution in [-0.4, -0.2) is 48.7 Å². The van der Waals surface area contributed by atoms with Crippen molar-refractivity contribution in [3.63, 3.8) is 0 Å². The minimum atomic E-state index is -0.415. The molecule has 2 fully saturated rings. The topological polar surface area (TPSA) is 76.0 Å². The predicted octanol–water partition coefficient (Wildman–Crippen LogP) is 3.72. The van der Waals surface area contributed by atoms with Crippen LogP contribution in [0.3, 0.4) is 0 Å². The molecule has 0 spiro atoms. The summed E-state index contributed by atoms with van der Waals surface area (Å²) in [5, 5.41) is 20.8. The fourth-order valence-corrected chi connectivity index (χ4v) is 5.16. The molecular formula is C23H40O5. The van der Waals surface area contributed by atoms with Gasteiger partial charge in [0.25, 0.3) is 0 Å². The summed E-state index contributed by atoms with van der Waals surface area (Å²) in [4.78, 5) is 11.1. The molecular weight excluding hydrogens is 356 g/mol. The van der Waals surface area contributed by atoms with Crippen molar-refractivity contribution in [2.45, 2.75) is 77.4 Å². The predicted molar refractivity (Wildman–Crippen MR) is 110 cm³/mol. The SMILES string of the molecule is CCCC[C@H](C)C[C@H](O)/C=C/C1C(O)CC2CC(CCOCC(=O)OC)CC21. The van der Waals surface area contributed by atoms with Gasteiger partial charge in [-0.15, -0.1) is 0 Å². The Balaban J connectivity index is 1.75. The molecule has 2 N–H and O–H groups in total. The van der Waals surface area contributed by atoms with Gasteiger partial charge in [-0.1, -0.05) is 45.3 Å². The van der Waals surface area contributed by atoms with Gasteiger partial charge in [0.15, 0.2) is 0 Å². The van der Waals surface area contributed by atoms with Gasteiger partial charge in [-0.05, 0) is 55.8 Å². The third-order valence-corrected chi connectivity index (χ3v) is 6.70. The maximum atomic E-state index is 11.1. The monoisotopic (exact) mass is 396 g/mol. The molecule has 2 aliphatic rings. The van der Waals surface area contributed by atoms with Crippen LogP contribution in [0.15, 0.2) is 12.2 Å². The maximum Gasteiger partial charge on any atom is 0.331 e. The fraction of sp³-hybridized carbons (Fsp3) is 0.870. The molecule has 7 atom stereocenters. The van der Waals surface area contributed by atoms with E-state index in [1.807, 2.05) is 6.08 Å². The summed E-state index contributed by atoms with van der Waals surface area (Å²) in [5.74, 6) is 2.01. The number of unbranched alkanes of at least 4 members (excludes halogenated alkanes) is 1. The first-order chi connectivity index (χ1) is 13.4. The van der Waals surface area contributed by atoms with Crippen LogP contribution in [0.1, 0.15) is 65.2 Å². The normalized spacial score (nSPS) is 31.8. The lowest BCUT2D eigenvalue weighted by molar-refractivity contribution is -0.146. The van der Waals surface area contributed by atoms with E-state index in [0.717, 1.165) is 38.5 Å². The lowest BCUT2D eigenvalue weighted by atomic mass is 9.89. The van der Waals surface area contributed by atoms with Crippen LogP contribution < -0.4 is 0 Å². The molecule has 0 radical (unpaired) electrons. The van der Waals surface area contributed by atoms with Gasteiger partial charge in [0.1, 0.15) is 6.61 Å². The Morgan fingerprint density at radius 2 is 2.07 bits per heavy atom. The molecule has 0 aromatic rings. The lowest BCUT2D eigenvalue weighted by Gasteiger charge is -2.20. The van der Waals surface area contributed by atoms with E-state index in [2.05, 4.69) is 24.7 Å². The number of hydrogen-bond acceptors (Lipinski definition) is 5. The number of esters is 1. The molecule has 162 valence electrons. The summed E-state index contributed by atoms with van der Waals surface area (Å²) in [5.41, 5.74) is 0. The first-order valence-electron chi connectivity index (χ1n) is 11.1. The highest BCUT2D eigenvalue weighted by atomic mass is 16.6. The number of rotatable bonds is 12. The average Bonchev–Trinajstić information content (AvgIpc) is 3.18. The van der Waals surface area contributed by atoms with Crippen LogP contribution in [0.2, 0.25) is 0 Å². The Morgan fingerprint density at radius 3 is 2.79 bits per heavy atom. The highest BCUT2D eigenvalue weighted by Crippen LogP contribution is 2.51. The van der Waals surface area contributed by atoms with Crippen molar-refractivity contribution >= 4 is 5.97 Å². The quantitative estimate of drug-likeness (QED) is 0.299. The van der Waals surface area contributed by atoms with Crippen LogP contribution in [0, 0.1) is 29.6 Å². The van der Waals surface area contributed by atoms with Crippen molar-refractivity contribution in [2.75, 3.05) is 20.3 Å². The van der Waals surface area contributed by atoms with E-state index in [4.69, 9.17) is 4.74 Å². The summed E-state index contributed by atoms with van der Waals surface area (Å²) < 4.78 is 9.97. The summed E-state index contributed by atoms with van der Waals surface area (Å²) in [6.45, 7) is 5.00. The zero-order valence-corrected chi connectivity index (χ0v) is 17.9. The number of ether oxygens (including phenoxy) is 2. The molecule has 5 unspecified atom stereocenters. The van der Waals surface area contributed by atoms with Gasteiger partial charge in [0, 0.05) is 12.5 Å². The molecule has 2 saturated carbocycles. The number of aliphatic hydroxyl groups is 2. The lowest BCUT2D eigenvalue weighted by Crippen LogP contribution is -2.19. The number of hydrogen-bond donors (Lipinski definition) is 2. The van der Waals surface area contributed by atoms with Gasteiger partial charge >= 0.3 is 5.97 Å². The van der Waals surface area contributed by atoms with Crippen molar-refractivity contribution in [3.05, 3.63) is 12.2 Å². The highest BCUT2D eigenvalue weighted by Gasteiger charge is 2.46. The van der Waals surface area contributed by atoms with Gasteiger partial charge in [0.05, 0.1) is 19.3 Å². The van der Waals surface area contributed by atoms with Gasteiger partial charge in [-0.2, -0.15) is 0 Å². The molecule has 0 saturated heterocycles. The van der Waals surface area contributed by atoms with Crippen molar-refractivity contribution in [1.82, 2.24) is 0 Å². The smallest absolute Gasteiger partial charge is 0.331 e. The van der Waals surface area contributed by atoms with E-state index in [0.29, 0.717) is 30.3 Å². The van der Waals surface area contributed by atoms with Crippen LogP contribution in [-0.2, 0) is 14.3 Å². The van der Waals surface area contributed by atoms with E-state index >= 15 is 0 Å². The second-order valence-corrected chi connectivity index (χ2v) is 8.99. The zero-order valence-electron chi connectivity index (χ0n) is 17.9. The third kappa shape index (κ3) is 7.16. The van der Waals surface area contributed by atoms with E-state index in [1.54, 1.807) is 0 Å². The highest BCUT2D eigenvalue weighted by molar-refractivity contribution is 5.70. The largest absolute Gasteiger partial charge is 0.467 e. The van der Waals surface area contributed by atoms with Crippen molar-refractivity contribution in [1.29, 1.82) is 0 Å². The molecule has 2 aliphatic carbocycles. The molecule has 0 amide bonds.